The fraction of sp³-hybridized carbons (Fsp3) is 0.227. The smallest absolute Gasteiger partial charge is 0.331 e. The second-order valence-electron chi connectivity index (χ2n) is 6.41. The fourth-order valence-corrected chi connectivity index (χ4v) is 2.23. The summed E-state index contributed by atoms with van der Waals surface area (Å²) in [5, 5.41) is 2.76. The van der Waals surface area contributed by atoms with Crippen LogP contribution in [0.3, 0.4) is 0 Å². The van der Waals surface area contributed by atoms with Crippen LogP contribution in [-0.4, -0.2) is 23.8 Å². The van der Waals surface area contributed by atoms with Crippen molar-refractivity contribution in [2.45, 2.75) is 26.9 Å². The van der Waals surface area contributed by atoms with Crippen molar-refractivity contribution < 1.29 is 19.1 Å². The molecule has 5 heteroatoms. The van der Waals surface area contributed by atoms with Gasteiger partial charge in [0.25, 0.3) is 0 Å². The highest BCUT2D eigenvalue weighted by Gasteiger charge is 2.18. The second kappa shape index (κ2) is 9.48. The maximum absolute atomic E-state index is 12.4. The minimum atomic E-state index is -0.908. The van der Waals surface area contributed by atoms with Gasteiger partial charge in [-0.3, -0.25) is 9.59 Å². The van der Waals surface area contributed by atoms with Gasteiger partial charge in [-0.1, -0.05) is 44.2 Å². The third kappa shape index (κ3) is 6.22. The van der Waals surface area contributed by atoms with E-state index in [1.54, 1.807) is 44.2 Å². The normalized spacial score (nSPS) is 12.0. The Morgan fingerprint density at radius 2 is 1.56 bits per heavy atom. The molecule has 0 saturated heterocycles. The number of ketones is 1. The molecule has 27 heavy (non-hydrogen) atoms. The molecule has 0 aliphatic carbocycles. The van der Waals surface area contributed by atoms with Crippen LogP contribution in [0.1, 0.15) is 36.7 Å². The van der Waals surface area contributed by atoms with Crippen LogP contribution in [0, 0.1) is 5.92 Å². The summed E-state index contributed by atoms with van der Waals surface area (Å²) in [6, 6.07) is 15.8. The lowest BCUT2D eigenvalue weighted by Crippen LogP contribution is -2.23. The van der Waals surface area contributed by atoms with E-state index in [1.807, 2.05) is 30.3 Å². The zero-order chi connectivity index (χ0) is 19.8. The minimum Gasteiger partial charge on any atom is -0.451 e. The van der Waals surface area contributed by atoms with Gasteiger partial charge in [0.2, 0.25) is 11.7 Å². The SMILES string of the molecule is CC(C)C(=O)Nc1ccc(C(=O)C(C)OC(=O)/C=C/c2ccccc2)cc1. The molecule has 0 spiro atoms. The highest BCUT2D eigenvalue weighted by molar-refractivity contribution is 6.01. The minimum absolute atomic E-state index is 0.0958. The van der Waals surface area contributed by atoms with E-state index in [-0.39, 0.29) is 17.6 Å². The fourth-order valence-electron chi connectivity index (χ4n) is 2.23. The second-order valence-corrected chi connectivity index (χ2v) is 6.41. The van der Waals surface area contributed by atoms with Gasteiger partial charge in [-0.2, -0.15) is 0 Å². The molecule has 1 N–H and O–H groups in total. The Bertz CT molecular complexity index is 823. The number of hydrogen-bond donors (Lipinski definition) is 1. The number of nitrogens with one attached hydrogen (secondary N) is 1. The number of carbonyl (C=O) groups is 3. The first-order chi connectivity index (χ1) is 12.9. The lowest BCUT2D eigenvalue weighted by molar-refractivity contribution is -0.140. The van der Waals surface area contributed by atoms with E-state index < -0.39 is 12.1 Å². The number of amides is 1. The lowest BCUT2D eigenvalue weighted by Gasteiger charge is -2.12. The number of ether oxygens (including phenoxy) is 1. The maximum atomic E-state index is 12.4. The Kier molecular flexibility index (Phi) is 7.06. The first kappa shape index (κ1) is 20.1. The third-order valence-corrected chi connectivity index (χ3v) is 3.83. The molecular formula is C22H23NO4. The van der Waals surface area contributed by atoms with Gasteiger partial charge in [-0.25, -0.2) is 4.79 Å². The summed E-state index contributed by atoms with van der Waals surface area (Å²) in [5.74, 6) is -1.12. The molecule has 0 heterocycles. The number of esters is 1. The molecule has 0 aliphatic rings. The molecule has 0 radical (unpaired) electrons. The summed E-state index contributed by atoms with van der Waals surface area (Å²) in [6.07, 6.45) is 2.02. The van der Waals surface area contributed by atoms with Crippen molar-refractivity contribution in [1.29, 1.82) is 0 Å². The van der Waals surface area contributed by atoms with Crippen molar-refractivity contribution in [2.24, 2.45) is 5.92 Å². The van der Waals surface area contributed by atoms with Crippen molar-refractivity contribution in [3.05, 3.63) is 71.8 Å². The summed E-state index contributed by atoms with van der Waals surface area (Å²) < 4.78 is 5.17. The molecule has 2 aromatic carbocycles. The number of hydrogen-bond acceptors (Lipinski definition) is 4. The van der Waals surface area contributed by atoms with Gasteiger partial charge < -0.3 is 10.1 Å². The van der Waals surface area contributed by atoms with Gasteiger partial charge >= 0.3 is 5.97 Å². The molecule has 0 saturated carbocycles. The highest BCUT2D eigenvalue weighted by Crippen LogP contribution is 2.14. The quantitative estimate of drug-likeness (QED) is 0.455. The van der Waals surface area contributed by atoms with Crippen molar-refractivity contribution in [3.63, 3.8) is 0 Å². The van der Waals surface area contributed by atoms with Gasteiger partial charge in [0.1, 0.15) is 0 Å². The first-order valence-electron chi connectivity index (χ1n) is 8.75. The largest absolute Gasteiger partial charge is 0.451 e. The Morgan fingerprint density at radius 1 is 0.926 bits per heavy atom. The number of Topliss-reactive ketones (excluding diaryl/α,β-unsaturated/α-hetero) is 1. The molecule has 2 aromatic rings. The average Bonchev–Trinajstić information content (AvgIpc) is 2.67. The van der Waals surface area contributed by atoms with Gasteiger partial charge in [0.15, 0.2) is 6.10 Å². The monoisotopic (exact) mass is 365 g/mol. The number of rotatable bonds is 7. The van der Waals surface area contributed by atoms with Crippen LogP contribution in [0.4, 0.5) is 5.69 Å². The average molecular weight is 365 g/mol. The number of carbonyl (C=O) groups excluding carboxylic acids is 3. The maximum Gasteiger partial charge on any atom is 0.331 e. The number of benzene rings is 2. The molecule has 0 fully saturated rings. The molecule has 1 atom stereocenters. The summed E-state index contributed by atoms with van der Waals surface area (Å²) in [7, 11) is 0. The van der Waals surface area contributed by atoms with Crippen LogP contribution in [0.15, 0.2) is 60.7 Å². The third-order valence-electron chi connectivity index (χ3n) is 3.83. The summed E-state index contributed by atoms with van der Waals surface area (Å²) in [5.41, 5.74) is 1.89. The molecule has 1 unspecified atom stereocenters. The Hall–Kier alpha value is -3.21. The summed E-state index contributed by atoms with van der Waals surface area (Å²) >= 11 is 0. The number of anilines is 1. The Balaban J connectivity index is 1.93. The van der Waals surface area contributed by atoms with E-state index >= 15 is 0 Å². The van der Waals surface area contributed by atoms with E-state index in [9.17, 15) is 14.4 Å². The zero-order valence-corrected chi connectivity index (χ0v) is 15.6. The molecule has 1 amide bonds. The van der Waals surface area contributed by atoms with Gasteiger partial charge in [0.05, 0.1) is 0 Å². The zero-order valence-electron chi connectivity index (χ0n) is 15.6. The van der Waals surface area contributed by atoms with Crippen molar-refractivity contribution in [3.8, 4) is 0 Å². The standard InChI is InChI=1S/C22H23NO4/c1-15(2)22(26)23-19-12-10-18(11-13-19)21(25)16(3)27-20(24)14-9-17-7-5-4-6-8-17/h4-16H,1-3H3,(H,23,26)/b14-9+. The van der Waals surface area contributed by atoms with Crippen LogP contribution in [0.25, 0.3) is 6.08 Å². The van der Waals surface area contributed by atoms with Gasteiger partial charge in [-0.05, 0) is 42.8 Å². The molecule has 5 nitrogen and oxygen atoms in total. The molecule has 140 valence electrons. The predicted octanol–water partition coefficient (Wildman–Crippen LogP) is 4.11. The van der Waals surface area contributed by atoms with Crippen LogP contribution < -0.4 is 5.32 Å². The molecule has 2 rings (SSSR count). The highest BCUT2D eigenvalue weighted by atomic mass is 16.5. The van der Waals surface area contributed by atoms with Crippen molar-refractivity contribution in [2.75, 3.05) is 5.32 Å². The van der Waals surface area contributed by atoms with E-state index in [2.05, 4.69) is 5.32 Å². The van der Waals surface area contributed by atoms with Crippen molar-refractivity contribution >= 4 is 29.4 Å². The van der Waals surface area contributed by atoms with E-state index in [1.165, 1.54) is 13.0 Å². The molecule has 0 aliphatic heterocycles. The molecular weight excluding hydrogens is 342 g/mol. The lowest BCUT2D eigenvalue weighted by atomic mass is 10.1. The van der Waals surface area contributed by atoms with Gasteiger partial charge in [0, 0.05) is 23.2 Å². The summed E-state index contributed by atoms with van der Waals surface area (Å²) in [4.78, 5) is 36.0. The Labute approximate surface area is 159 Å². The van der Waals surface area contributed by atoms with Crippen LogP contribution >= 0.6 is 0 Å². The van der Waals surface area contributed by atoms with Crippen molar-refractivity contribution in [1.82, 2.24) is 0 Å². The first-order valence-corrected chi connectivity index (χ1v) is 8.75. The Morgan fingerprint density at radius 3 is 2.15 bits per heavy atom. The van der Waals surface area contributed by atoms with E-state index in [4.69, 9.17) is 4.74 Å². The van der Waals surface area contributed by atoms with E-state index in [0.717, 1.165) is 5.56 Å². The van der Waals surface area contributed by atoms with E-state index in [0.29, 0.717) is 11.3 Å². The molecule has 0 aromatic heterocycles. The van der Waals surface area contributed by atoms with Crippen LogP contribution in [0.5, 0.6) is 0 Å². The molecule has 0 bridgehead atoms. The van der Waals surface area contributed by atoms with Crippen LogP contribution in [-0.2, 0) is 14.3 Å². The summed E-state index contributed by atoms with van der Waals surface area (Å²) in [6.45, 7) is 5.13. The predicted molar refractivity (Wildman–Crippen MR) is 105 cm³/mol. The topological polar surface area (TPSA) is 72.5 Å². The van der Waals surface area contributed by atoms with Gasteiger partial charge in [-0.15, -0.1) is 0 Å². The van der Waals surface area contributed by atoms with Crippen LogP contribution in [0.2, 0.25) is 0 Å².